The Morgan fingerprint density at radius 2 is 1.82 bits per heavy atom. The van der Waals surface area contributed by atoms with Gasteiger partial charge in [-0.05, 0) is 48.3 Å². The lowest BCUT2D eigenvalue weighted by Crippen LogP contribution is -2.34. The Balaban J connectivity index is 1.45. The molecule has 1 aliphatic carbocycles. The average Bonchev–Trinajstić information content (AvgIpc) is 3.56. The van der Waals surface area contributed by atoms with Gasteiger partial charge >= 0.3 is 0 Å². The monoisotopic (exact) mass is 537 g/mol. The first kappa shape index (κ1) is 28.3. The van der Waals surface area contributed by atoms with Gasteiger partial charge in [-0.2, -0.15) is 0 Å². The van der Waals surface area contributed by atoms with E-state index in [4.69, 9.17) is 11.6 Å². The Morgan fingerprint density at radius 3 is 2.47 bits per heavy atom. The van der Waals surface area contributed by atoms with Gasteiger partial charge in [0.1, 0.15) is 5.82 Å². The quantitative estimate of drug-likeness (QED) is 0.252. The topological polar surface area (TPSA) is 87.4 Å². The predicted molar refractivity (Wildman–Crippen MR) is 151 cm³/mol. The molecule has 204 valence electrons. The van der Waals surface area contributed by atoms with E-state index in [9.17, 15) is 15.0 Å². The second-order valence-corrected chi connectivity index (χ2v) is 10.7. The zero-order valence-corrected chi connectivity index (χ0v) is 23.0. The van der Waals surface area contributed by atoms with Gasteiger partial charge in [0, 0.05) is 19.5 Å². The van der Waals surface area contributed by atoms with Gasteiger partial charge in [0.2, 0.25) is 5.91 Å². The number of aromatic nitrogens is 2. The number of hydrogen-bond acceptors (Lipinski definition) is 4. The van der Waals surface area contributed by atoms with Crippen LogP contribution in [0.4, 0.5) is 0 Å². The Kier molecular flexibility index (Phi) is 10.4. The van der Waals surface area contributed by atoms with Gasteiger partial charge in [-0.1, -0.05) is 92.4 Å². The van der Waals surface area contributed by atoms with E-state index < -0.39 is 6.10 Å². The first-order valence-electron chi connectivity index (χ1n) is 14.0. The molecule has 1 saturated carbocycles. The van der Waals surface area contributed by atoms with Gasteiger partial charge in [0.25, 0.3) is 0 Å². The largest absolute Gasteiger partial charge is 0.390 e. The number of unbranched alkanes of at least 4 members (excludes halogenated alkanes) is 1. The highest BCUT2D eigenvalue weighted by Crippen LogP contribution is 2.38. The highest BCUT2D eigenvalue weighted by molar-refractivity contribution is 6.30. The third-order valence-corrected chi connectivity index (χ3v) is 8.04. The molecular weight excluding hydrogens is 498 g/mol. The summed E-state index contributed by atoms with van der Waals surface area (Å²) in [5, 5.41) is 23.8. The molecule has 6 nitrogen and oxygen atoms in total. The summed E-state index contributed by atoms with van der Waals surface area (Å²) < 4.78 is 2.02. The van der Waals surface area contributed by atoms with Crippen molar-refractivity contribution in [1.29, 1.82) is 0 Å². The number of halogens is 1. The van der Waals surface area contributed by atoms with Gasteiger partial charge in [0.15, 0.2) is 5.15 Å². The predicted octanol–water partition coefficient (Wildman–Crippen LogP) is 5.93. The van der Waals surface area contributed by atoms with Crippen molar-refractivity contribution >= 4 is 17.5 Å². The fraction of sp³-hybridized carbons (Fsp3) is 0.484. The molecule has 1 aliphatic rings. The van der Waals surface area contributed by atoms with Crippen LogP contribution < -0.4 is 5.32 Å². The maximum atomic E-state index is 13.4. The molecule has 3 N–H and O–H groups in total. The highest BCUT2D eigenvalue weighted by atomic mass is 35.5. The number of carbonyl (C=O) groups is 1. The second-order valence-electron chi connectivity index (χ2n) is 10.4. The van der Waals surface area contributed by atoms with Crippen molar-refractivity contribution in [2.45, 2.75) is 83.5 Å². The molecule has 4 rings (SSSR count). The highest BCUT2D eigenvalue weighted by Gasteiger charge is 2.32. The minimum atomic E-state index is -0.594. The molecule has 2 aromatic carbocycles. The lowest BCUT2D eigenvalue weighted by atomic mass is 9.83. The van der Waals surface area contributed by atoms with Crippen molar-refractivity contribution in [3.63, 3.8) is 0 Å². The minimum Gasteiger partial charge on any atom is -0.390 e. The first-order chi connectivity index (χ1) is 18.5. The van der Waals surface area contributed by atoms with Crippen LogP contribution in [0.25, 0.3) is 0 Å². The van der Waals surface area contributed by atoms with Crippen LogP contribution in [-0.2, 0) is 24.4 Å². The van der Waals surface area contributed by atoms with Crippen LogP contribution >= 0.6 is 11.6 Å². The van der Waals surface area contributed by atoms with Crippen LogP contribution in [0.3, 0.4) is 0 Å². The number of benzene rings is 2. The number of carbonyl (C=O) groups excluding carboxylic acids is 1. The first-order valence-corrected chi connectivity index (χ1v) is 14.3. The van der Waals surface area contributed by atoms with E-state index in [0.29, 0.717) is 36.3 Å². The maximum absolute atomic E-state index is 13.4. The van der Waals surface area contributed by atoms with E-state index in [0.717, 1.165) is 67.5 Å². The summed E-state index contributed by atoms with van der Waals surface area (Å²) in [7, 11) is 0. The number of hydrogen-bond donors (Lipinski definition) is 3. The van der Waals surface area contributed by atoms with Gasteiger partial charge in [-0.15, -0.1) is 0 Å². The molecular formula is C31H40ClN3O3. The van der Waals surface area contributed by atoms with Crippen LogP contribution in [0.2, 0.25) is 5.15 Å². The Bertz CT molecular complexity index is 1160. The van der Waals surface area contributed by atoms with Crippen molar-refractivity contribution in [2.75, 3.05) is 6.54 Å². The number of rotatable bonds is 13. The molecule has 0 saturated heterocycles. The number of imidazole rings is 1. The van der Waals surface area contributed by atoms with Crippen molar-refractivity contribution < 1.29 is 15.0 Å². The van der Waals surface area contributed by atoms with Crippen LogP contribution in [-0.4, -0.2) is 32.2 Å². The van der Waals surface area contributed by atoms with E-state index >= 15 is 0 Å². The molecule has 0 bridgehead atoms. The van der Waals surface area contributed by atoms with Gasteiger partial charge in [-0.25, -0.2) is 4.98 Å². The summed E-state index contributed by atoms with van der Waals surface area (Å²) in [5.41, 5.74) is 3.61. The van der Waals surface area contributed by atoms with Crippen molar-refractivity contribution in [3.8, 4) is 0 Å². The van der Waals surface area contributed by atoms with E-state index in [1.165, 1.54) is 0 Å². The second kappa shape index (κ2) is 13.9. The van der Waals surface area contributed by atoms with Gasteiger partial charge in [0.05, 0.1) is 24.3 Å². The number of nitrogens with zero attached hydrogens (tertiary/aromatic N) is 2. The van der Waals surface area contributed by atoms with Crippen molar-refractivity contribution in [1.82, 2.24) is 14.9 Å². The molecule has 1 aromatic heterocycles. The summed E-state index contributed by atoms with van der Waals surface area (Å²) in [6.07, 6.45) is 7.20. The standard InChI is InChI=1S/C31H40ClN3O3/c1-2-3-13-28-34-30(32)26(21-36)35(28)20-22-14-16-25(17-15-22)29(24-11-7-8-12-24)31(38)33-19-18-27(37)23-9-5-4-6-10-23/h4-6,9-10,14-17,24,27,29,36-37H,2-3,7-8,11-13,18-21H2,1H3,(H,33,38). The molecule has 38 heavy (non-hydrogen) atoms. The summed E-state index contributed by atoms with van der Waals surface area (Å²) >= 11 is 6.31. The molecule has 0 spiro atoms. The number of aliphatic hydroxyl groups is 2. The maximum Gasteiger partial charge on any atom is 0.227 e. The fourth-order valence-corrected chi connectivity index (χ4v) is 5.85. The molecule has 2 atom stereocenters. The molecule has 2 unspecified atom stereocenters. The van der Waals surface area contributed by atoms with Gasteiger partial charge in [-0.3, -0.25) is 4.79 Å². The zero-order valence-electron chi connectivity index (χ0n) is 22.3. The van der Waals surface area contributed by atoms with Crippen molar-refractivity contribution in [2.24, 2.45) is 5.92 Å². The summed E-state index contributed by atoms with van der Waals surface area (Å²) in [4.78, 5) is 17.9. The van der Waals surface area contributed by atoms with E-state index in [1.54, 1.807) is 0 Å². The number of nitrogens with one attached hydrogen (secondary N) is 1. The normalized spacial score (nSPS) is 15.5. The number of aryl methyl sites for hydroxylation is 1. The third kappa shape index (κ3) is 7.04. The zero-order chi connectivity index (χ0) is 26.9. The molecule has 7 heteroatoms. The van der Waals surface area contributed by atoms with Crippen molar-refractivity contribution in [3.05, 3.63) is 88.0 Å². The molecule has 1 fully saturated rings. The van der Waals surface area contributed by atoms with Crippen LogP contribution in [0.1, 0.15) is 92.1 Å². The summed E-state index contributed by atoms with van der Waals surface area (Å²) in [5.74, 6) is 1.06. The molecule has 3 aromatic rings. The Labute approximate surface area is 231 Å². The summed E-state index contributed by atoms with van der Waals surface area (Å²) in [6.45, 7) is 3.00. The number of aliphatic hydroxyl groups excluding tert-OH is 2. The van der Waals surface area contributed by atoms with E-state index in [1.807, 2.05) is 34.9 Å². The minimum absolute atomic E-state index is 0.0377. The molecule has 1 heterocycles. The fourth-order valence-electron chi connectivity index (χ4n) is 5.59. The lowest BCUT2D eigenvalue weighted by molar-refractivity contribution is -0.123. The number of amides is 1. The Hall–Kier alpha value is -2.67. The SMILES string of the molecule is CCCCc1nc(Cl)c(CO)n1Cc1ccc(C(C(=O)NCCC(O)c2ccccc2)C2CCCC2)cc1. The Morgan fingerprint density at radius 1 is 1.11 bits per heavy atom. The third-order valence-electron chi connectivity index (χ3n) is 7.74. The van der Waals surface area contributed by atoms with Crippen LogP contribution in [0.5, 0.6) is 0 Å². The van der Waals surface area contributed by atoms with E-state index in [-0.39, 0.29) is 18.4 Å². The smallest absolute Gasteiger partial charge is 0.227 e. The van der Waals surface area contributed by atoms with E-state index in [2.05, 4.69) is 41.5 Å². The van der Waals surface area contributed by atoms with Gasteiger partial charge < -0.3 is 20.1 Å². The summed E-state index contributed by atoms with van der Waals surface area (Å²) in [6, 6.07) is 17.8. The van der Waals surface area contributed by atoms with Crippen LogP contribution in [0.15, 0.2) is 54.6 Å². The molecule has 1 amide bonds. The average molecular weight is 538 g/mol. The van der Waals surface area contributed by atoms with Crippen LogP contribution in [0, 0.1) is 5.92 Å². The molecule has 0 radical (unpaired) electrons. The lowest BCUT2D eigenvalue weighted by Gasteiger charge is -2.24. The molecule has 0 aliphatic heterocycles.